The molecule has 1 amide bonds. The molecule has 160 valence electrons. The number of nitrogens with one attached hydrogen (secondary N) is 2. The van der Waals surface area contributed by atoms with Crippen molar-refractivity contribution in [3.63, 3.8) is 0 Å². The summed E-state index contributed by atoms with van der Waals surface area (Å²) in [5.41, 5.74) is 3.77. The van der Waals surface area contributed by atoms with Crippen LogP contribution < -0.4 is 10.2 Å². The average molecular weight is 410 g/mol. The summed E-state index contributed by atoms with van der Waals surface area (Å²) in [6.07, 6.45) is 10.8. The van der Waals surface area contributed by atoms with Gasteiger partial charge in [0.05, 0.1) is 17.3 Å². The maximum absolute atomic E-state index is 13.1. The van der Waals surface area contributed by atoms with Gasteiger partial charge in [-0.15, -0.1) is 0 Å². The number of pyridine rings is 1. The Hall–Kier alpha value is -2.90. The molecular formula is C22H31N7O. The van der Waals surface area contributed by atoms with Gasteiger partial charge in [0, 0.05) is 31.2 Å². The van der Waals surface area contributed by atoms with Gasteiger partial charge in [0.15, 0.2) is 5.65 Å². The molecule has 8 heteroatoms. The smallest absolute Gasteiger partial charge is 0.253 e. The standard InChI is InChI=1S/C22H31N7O/c1-4-5-6-18-12-23-21-19(28-9-7-15(2)8-10-28)11-17(13-29(18)21)22(30)26-16(3)20-24-14-25-27-20/h11-16H,4-10H2,1-3H3,(H,26,30)(H,24,25,27). The van der Waals surface area contributed by atoms with Crippen LogP contribution in [0.15, 0.2) is 24.8 Å². The van der Waals surface area contributed by atoms with E-state index in [0.29, 0.717) is 11.4 Å². The Morgan fingerprint density at radius 1 is 1.33 bits per heavy atom. The van der Waals surface area contributed by atoms with Crippen molar-refractivity contribution in [3.8, 4) is 0 Å². The largest absolute Gasteiger partial charge is 0.368 e. The zero-order valence-electron chi connectivity index (χ0n) is 18.1. The number of unbranched alkanes of at least 4 members (excludes halogenated alkanes) is 1. The molecule has 30 heavy (non-hydrogen) atoms. The number of nitrogens with zero attached hydrogens (tertiary/aromatic N) is 5. The maximum atomic E-state index is 13.1. The van der Waals surface area contributed by atoms with Crippen LogP contribution in [-0.2, 0) is 6.42 Å². The van der Waals surface area contributed by atoms with E-state index in [0.717, 1.165) is 68.1 Å². The lowest BCUT2D eigenvalue weighted by atomic mass is 9.99. The number of carbonyl (C=O) groups is 1. The second-order valence-electron chi connectivity index (χ2n) is 8.40. The Morgan fingerprint density at radius 2 is 2.13 bits per heavy atom. The van der Waals surface area contributed by atoms with E-state index >= 15 is 0 Å². The van der Waals surface area contributed by atoms with Crippen LogP contribution in [0.1, 0.15) is 74.4 Å². The molecule has 1 aliphatic heterocycles. The topological polar surface area (TPSA) is 91.2 Å². The Labute approximate surface area is 177 Å². The number of piperidine rings is 1. The van der Waals surface area contributed by atoms with Crippen molar-refractivity contribution in [2.24, 2.45) is 5.92 Å². The molecule has 0 radical (unpaired) electrons. The second kappa shape index (κ2) is 8.85. The van der Waals surface area contributed by atoms with Gasteiger partial charge in [-0.3, -0.25) is 9.89 Å². The number of imidazole rings is 1. The minimum atomic E-state index is -0.252. The molecular weight excluding hydrogens is 378 g/mol. The van der Waals surface area contributed by atoms with Crippen LogP contribution in [0.3, 0.4) is 0 Å². The van der Waals surface area contributed by atoms with Crippen molar-refractivity contribution in [1.82, 2.24) is 29.9 Å². The zero-order valence-corrected chi connectivity index (χ0v) is 18.1. The van der Waals surface area contributed by atoms with Crippen LogP contribution in [0.2, 0.25) is 0 Å². The third kappa shape index (κ3) is 4.17. The first-order chi connectivity index (χ1) is 14.6. The van der Waals surface area contributed by atoms with Crippen LogP contribution in [-0.4, -0.2) is 43.6 Å². The maximum Gasteiger partial charge on any atom is 0.253 e. The highest BCUT2D eigenvalue weighted by Crippen LogP contribution is 2.29. The summed E-state index contributed by atoms with van der Waals surface area (Å²) < 4.78 is 2.11. The SMILES string of the molecule is CCCCc1cnc2c(N3CCC(C)CC3)cc(C(=O)NC(C)c3ncn[nH]3)cn12. The van der Waals surface area contributed by atoms with E-state index < -0.39 is 0 Å². The van der Waals surface area contributed by atoms with Gasteiger partial charge in [0.1, 0.15) is 12.2 Å². The molecule has 0 aromatic carbocycles. The first kappa shape index (κ1) is 20.4. The average Bonchev–Trinajstić information content (AvgIpc) is 3.42. The number of carbonyl (C=O) groups excluding carboxylic acids is 1. The summed E-state index contributed by atoms with van der Waals surface area (Å²) >= 11 is 0. The molecule has 1 atom stereocenters. The highest BCUT2D eigenvalue weighted by molar-refractivity contribution is 5.96. The van der Waals surface area contributed by atoms with Gasteiger partial charge in [-0.25, -0.2) is 9.97 Å². The molecule has 1 aliphatic rings. The van der Waals surface area contributed by atoms with E-state index in [2.05, 4.69) is 43.6 Å². The van der Waals surface area contributed by atoms with Crippen LogP contribution in [0.4, 0.5) is 5.69 Å². The molecule has 0 bridgehead atoms. The predicted octanol–water partition coefficient (Wildman–Crippen LogP) is 3.52. The number of rotatable bonds is 7. The first-order valence-electron chi connectivity index (χ1n) is 11.0. The van der Waals surface area contributed by atoms with Gasteiger partial charge in [0.25, 0.3) is 5.91 Å². The highest BCUT2D eigenvalue weighted by atomic mass is 16.1. The molecule has 0 saturated carbocycles. The lowest BCUT2D eigenvalue weighted by Crippen LogP contribution is -2.34. The number of aromatic nitrogens is 5. The number of aryl methyl sites for hydroxylation is 1. The Kier molecular flexibility index (Phi) is 6.01. The highest BCUT2D eigenvalue weighted by Gasteiger charge is 2.22. The van der Waals surface area contributed by atoms with Gasteiger partial charge in [-0.05, 0) is 44.6 Å². The van der Waals surface area contributed by atoms with Crippen molar-refractivity contribution in [3.05, 3.63) is 41.9 Å². The predicted molar refractivity (Wildman–Crippen MR) is 117 cm³/mol. The third-order valence-corrected chi connectivity index (χ3v) is 6.03. The van der Waals surface area contributed by atoms with Crippen LogP contribution in [0.5, 0.6) is 0 Å². The van der Waals surface area contributed by atoms with E-state index in [1.54, 1.807) is 0 Å². The van der Waals surface area contributed by atoms with E-state index in [4.69, 9.17) is 4.98 Å². The molecule has 4 heterocycles. The first-order valence-corrected chi connectivity index (χ1v) is 11.0. The summed E-state index contributed by atoms with van der Waals surface area (Å²) in [5.74, 6) is 1.26. The molecule has 4 rings (SSSR count). The molecule has 2 N–H and O–H groups in total. The van der Waals surface area contributed by atoms with Crippen LogP contribution in [0, 0.1) is 5.92 Å². The van der Waals surface area contributed by atoms with Crippen molar-refractivity contribution >= 4 is 17.2 Å². The van der Waals surface area contributed by atoms with E-state index in [1.807, 2.05) is 25.4 Å². The second-order valence-corrected chi connectivity index (χ2v) is 8.40. The molecule has 1 fully saturated rings. The lowest BCUT2D eigenvalue weighted by Gasteiger charge is -2.32. The summed E-state index contributed by atoms with van der Waals surface area (Å²) in [7, 11) is 0. The number of amides is 1. The minimum absolute atomic E-state index is 0.123. The van der Waals surface area contributed by atoms with Gasteiger partial charge in [0.2, 0.25) is 0 Å². The fourth-order valence-corrected chi connectivity index (χ4v) is 4.04. The lowest BCUT2D eigenvalue weighted by molar-refractivity contribution is 0.0938. The Morgan fingerprint density at radius 3 is 2.83 bits per heavy atom. The van der Waals surface area contributed by atoms with Crippen molar-refractivity contribution in [1.29, 1.82) is 0 Å². The number of H-pyrrole nitrogens is 1. The molecule has 0 aliphatic carbocycles. The normalized spacial score (nSPS) is 16.2. The van der Waals surface area contributed by atoms with Gasteiger partial charge < -0.3 is 14.6 Å². The molecule has 1 unspecified atom stereocenters. The monoisotopic (exact) mass is 409 g/mol. The van der Waals surface area contributed by atoms with Crippen LogP contribution in [0.25, 0.3) is 5.65 Å². The van der Waals surface area contributed by atoms with E-state index in [9.17, 15) is 4.79 Å². The number of anilines is 1. The summed E-state index contributed by atoms with van der Waals surface area (Å²) in [5, 5.41) is 9.72. The van der Waals surface area contributed by atoms with Crippen LogP contribution >= 0.6 is 0 Å². The molecule has 0 spiro atoms. The van der Waals surface area contributed by atoms with Crippen molar-refractivity contribution < 1.29 is 4.79 Å². The third-order valence-electron chi connectivity index (χ3n) is 6.03. The van der Waals surface area contributed by atoms with Crippen molar-refractivity contribution in [2.75, 3.05) is 18.0 Å². The van der Waals surface area contributed by atoms with Gasteiger partial charge in [-0.2, -0.15) is 5.10 Å². The quantitative estimate of drug-likeness (QED) is 0.623. The molecule has 1 saturated heterocycles. The van der Waals surface area contributed by atoms with E-state index in [-0.39, 0.29) is 11.9 Å². The number of hydrogen-bond acceptors (Lipinski definition) is 5. The molecule has 3 aromatic heterocycles. The van der Waals surface area contributed by atoms with Gasteiger partial charge in [-0.1, -0.05) is 20.3 Å². The van der Waals surface area contributed by atoms with E-state index in [1.165, 1.54) is 6.33 Å². The Balaban J connectivity index is 1.68. The van der Waals surface area contributed by atoms with Crippen molar-refractivity contribution in [2.45, 2.75) is 58.9 Å². The molecule has 8 nitrogen and oxygen atoms in total. The molecule has 3 aromatic rings. The fourth-order valence-electron chi connectivity index (χ4n) is 4.04. The number of aromatic amines is 1. The van der Waals surface area contributed by atoms with Gasteiger partial charge >= 0.3 is 0 Å². The minimum Gasteiger partial charge on any atom is -0.368 e. The Bertz CT molecular complexity index is 987. The zero-order chi connectivity index (χ0) is 21.1. The summed E-state index contributed by atoms with van der Waals surface area (Å²) in [6.45, 7) is 8.38. The number of fused-ring (bicyclic) bond motifs is 1. The fraction of sp³-hybridized carbons (Fsp3) is 0.545. The number of hydrogen-bond donors (Lipinski definition) is 2. The summed E-state index contributed by atoms with van der Waals surface area (Å²) in [4.78, 5) is 24.4. The summed E-state index contributed by atoms with van der Waals surface area (Å²) in [6, 6.07) is 1.74.